The van der Waals surface area contributed by atoms with Gasteiger partial charge >= 0.3 is 5.97 Å². The van der Waals surface area contributed by atoms with Gasteiger partial charge in [0.1, 0.15) is 11.6 Å². The molecule has 0 saturated heterocycles. The van der Waals surface area contributed by atoms with E-state index in [2.05, 4.69) is 21.3 Å². The van der Waals surface area contributed by atoms with Crippen molar-refractivity contribution >= 4 is 5.97 Å². The molecule has 0 radical (unpaired) electrons. The molecule has 0 amide bonds. The number of carboxylic acids is 1. The van der Waals surface area contributed by atoms with E-state index in [9.17, 15) is 15.2 Å². The van der Waals surface area contributed by atoms with Gasteiger partial charge in [-0.05, 0) is 23.8 Å². The van der Waals surface area contributed by atoms with Crippen molar-refractivity contribution in [1.29, 1.82) is 5.26 Å². The van der Waals surface area contributed by atoms with Crippen LogP contribution in [0.2, 0.25) is 0 Å². The predicted molar refractivity (Wildman–Crippen MR) is 94.5 cm³/mol. The number of rotatable bonds is 3. The van der Waals surface area contributed by atoms with Gasteiger partial charge < -0.3 is 15.6 Å². The van der Waals surface area contributed by atoms with Crippen LogP contribution in [0.1, 0.15) is 27.4 Å². The van der Waals surface area contributed by atoms with Crippen LogP contribution in [0.3, 0.4) is 0 Å². The second-order valence-electron chi connectivity index (χ2n) is 5.87. The number of fused-ring (bicyclic) bond motifs is 1. The third-order valence-electron chi connectivity index (χ3n) is 4.41. The molecule has 3 heterocycles. The second-order valence-corrected chi connectivity index (χ2v) is 5.87. The highest BCUT2D eigenvalue weighted by Crippen LogP contribution is 2.46. The third-order valence-corrected chi connectivity index (χ3v) is 4.41. The number of nitrogens with two attached hydrogens (primary N) is 1. The van der Waals surface area contributed by atoms with Crippen molar-refractivity contribution in [2.45, 2.75) is 5.92 Å². The van der Waals surface area contributed by atoms with E-state index in [4.69, 9.17) is 10.5 Å². The molecule has 3 aromatic rings. The van der Waals surface area contributed by atoms with Crippen molar-refractivity contribution in [3.8, 4) is 23.2 Å². The number of nitriles is 1. The van der Waals surface area contributed by atoms with E-state index in [-0.39, 0.29) is 22.9 Å². The summed E-state index contributed by atoms with van der Waals surface area (Å²) in [7, 11) is 0. The van der Waals surface area contributed by atoms with Crippen molar-refractivity contribution in [3.05, 3.63) is 76.9 Å². The van der Waals surface area contributed by atoms with Gasteiger partial charge in [0.05, 0.1) is 22.7 Å². The van der Waals surface area contributed by atoms with Crippen molar-refractivity contribution in [3.63, 3.8) is 0 Å². The van der Waals surface area contributed by atoms with Gasteiger partial charge in [0.25, 0.3) is 0 Å². The SMILES string of the molecule is N#CC1=C(N)Oc2n[nH]c(-c3ccncc3)c2[C@@H]1c1ccccc1C(=O)O. The Morgan fingerprint density at radius 3 is 2.70 bits per heavy atom. The normalized spacial score (nSPS) is 15.6. The summed E-state index contributed by atoms with van der Waals surface area (Å²) in [6, 6.07) is 12.1. The van der Waals surface area contributed by atoms with E-state index in [1.165, 1.54) is 6.07 Å². The van der Waals surface area contributed by atoms with E-state index in [0.29, 0.717) is 16.8 Å². The Labute approximate surface area is 153 Å². The minimum atomic E-state index is -1.09. The summed E-state index contributed by atoms with van der Waals surface area (Å²) in [5, 5.41) is 26.4. The molecule has 0 fully saturated rings. The lowest BCUT2D eigenvalue weighted by Gasteiger charge is -2.25. The Morgan fingerprint density at radius 2 is 2.00 bits per heavy atom. The number of H-pyrrole nitrogens is 1. The van der Waals surface area contributed by atoms with Gasteiger partial charge in [-0.3, -0.25) is 10.1 Å². The third kappa shape index (κ3) is 2.58. The highest BCUT2D eigenvalue weighted by molar-refractivity contribution is 5.90. The Morgan fingerprint density at radius 1 is 1.26 bits per heavy atom. The van der Waals surface area contributed by atoms with Gasteiger partial charge in [0, 0.05) is 18.0 Å². The van der Waals surface area contributed by atoms with E-state index in [1.807, 2.05) is 0 Å². The number of allylic oxidation sites excluding steroid dienone is 1. The molecule has 0 spiro atoms. The fraction of sp³-hybridized carbons (Fsp3) is 0.0526. The average Bonchev–Trinajstić information content (AvgIpc) is 3.10. The molecule has 2 aromatic heterocycles. The molecule has 1 aliphatic rings. The standard InChI is InChI=1S/C19H13N5O3/c20-9-13-14(11-3-1-2-4-12(11)19(25)26)15-16(10-5-7-22-8-6-10)23-24-18(15)27-17(13)21/h1-8,14H,21H2,(H,23,24)(H,25,26)/t14-/m1/s1. The van der Waals surface area contributed by atoms with Crippen molar-refractivity contribution in [1.82, 2.24) is 15.2 Å². The lowest BCUT2D eigenvalue weighted by Crippen LogP contribution is -2.22. The number of aromatic carboxylic acids is 1. The van der Waals surface area contributed by atoms with Crippen LogP contribution in [0.25, 0.3) is 11.3 Å². The lowest BCUT2D eigenvalue weighted by atomic mass is 9.81. The predicted octanol–water partition coefficient (Wildman–Crippen LogP) is 2.39. The number of aromatic nitrogens is 3. The molecule has 1 aromatic carbocycles. The first-order valence-electron chi connectivity index (χ1n) is 8.00. The zero-order valence-corrected chi connectivity index (χ0v) is 13.9. The molecule has 4 N–H and O–H groups in total. The van der Waals surface area contributed by atoms with Crippen LogP contribution >= 0.6 is 0 Å². The van der Waals surface area contributed by atoms with Crippen LogP contribution < -0.4 is 10.5 Å². The largest absolute Gasteiger partial charge is 0.478 e. The Kier molecular flexibility index (Phi) is 3.82. The second kappa shape index (κ2) is 6.31. The van der Waals surface area contributed by atoms with Gasteiger partial charge in [-0.25, -0.2) is 4.79 Å². The monoisotopic (exact) mass is 359 g/mol. The maximum atomic E-state index is 11.8. The molecular weight excluding hydrogens is 346 g/mol. The summed E-state index contributed by atoms with van der Waals surface area (Å²) in [5.41, 5.74) is 8.52. The zero-order chi connectivity index (χ0) is 19.0. The fourth-order valence-corrected chi connectivity index (χ4v) is 3.24. The number of ether oxygens (including phenoxy) is 1. The highest BCUT2D eigenvalue weighted by atomic mass is 16.5. The Hall–Kier alpha value is -4.12. The summed E-state index contributed by atoms with van der Waals surface area (Å²) < 4.78 is 5.52. The topological polar surface area (TPSA) is 138 Å². The van der Waals surface area contributed by atoms with Crippen LogP contribution in [-0.4, -0.2) is 26.3 Å². The first kappa shape index (κ1) is 16.4. The molecule has 1 aliphatic heterocycles. The van der Waals surface area contributed by atoms with Crippen LogP contribution in [0.5, 0.6) is 5.88 Å². The molecule has 0 unspecified atom stereocenters. The summed E-state index contributed by atoms with van der Waals surface area (Å²) in [6.45, 7) is 0. The Bertz CT molecular complexity index is 1110. The fourth-order valence-electron chi connectivity index (χ4n) is 3.24. The van der Waals surface area contributed by atoms with Crippen LogP contribution in [0, 0.1) is 11.3 Å². The van der Waals surface area contributed by atoms with Crippen molar-refractivity contribution in [2.75, 3.05) is 0 Å². The summed E-state index contributed by atoms with van der Waals surface area (Å²) >= 11 is 0. The molecule has 0 saturated carbocycles. The number of aromatic amines is 1. The summed E-state index contributed by atoms with van der Waals surface area (Å²) in [6.07, 6.45) is 3.25. The smallest absolute Gasteiger partial charge is 0.335 e. The summed E-state index contributed by atoms with van der Waals surface area (Å²) in [5.74, 6) is -1.71. The van der Waals surface area contributed by atoms with E-state index >= 15 is 0 Å². The molecule has 0 aliphatic carbocycles. The number of nitrogens with zero attached hydrogens (tertiary/aromatic N) is 3. The van der Waals surface area contributed by atoms with Crippen LogP contribution in [0.15, 0.2) is 60.2 Å². The molecule has 27 heavy (non-hydrogen) atoms. The molecular formula is C19H13N5O3. The van der Waals surface area contributed by atoms with Crippen LogP contribution in [-0.2, 0) is 0 Å². The van der Waals surface area contributed by atoms with Gasteiger partial charge in [-0.1, -0.05) is 18.2 Å². The van der Waals surface area contributed by atoms with E-state index < -0.39 is 11.9 Å². The number of benzene rings is 1. The van der Waals surface area contributed by atoms with Gasteiger partial charge in [-0.15, -0.1) is 5.10 Å². The average molecular weight is 359 g/mol. The molecule has 1 atom stereocenters. The number of carbonyl (C=O) groups is 1. The molecule has 8 heteroatoms. The van der Waals surface area contributed by atoms with Crippen molar-refractivity contribution in [2.24, 2.45) is 5.73 Å². The van der Waals surface area contributed by atoms with Gasteiger partial charge in [0.15, 0.2) is 0 Å². The maximum Gasteiger partial charge on any atom is 0.335 e. The number of hydrogen-bond donors (Lipinski definition) is 3. The number of hydrogen-bond acceptors (Lipinski definition) is 6. The maximum absolute atomic E-state index is 11.8. The first-order valence-corrected chi connectivity index (χ1v) is 8.00. The van der Waals surface area contributed by atoms with E-state index in [1.54, 1.807) is 42.7 Å². The van der Waals surface area contributed by atoms with Crippen LogP contribution in [0.4, 0.5) is 0 Å². The Balaban J connectivity index is 2.01. The number of pyridine rings is 1. The molecule has 0 bridgehead atoms. The van der Waals surface area contributed by atoms with Gasteiger partial charge in [-0.2, -0.15) is 5.26 Å². The van der Waals surface area contributed by atoms with E-state index in [0.717, 1.165) is 5.56 Å². The summed E-state index contributed by atoms with van der Waals surface area (Å²) in [4.78, 5) is 15.8. The van der Waals surface area contributed by atoms with Gasteiger partial charge in [0.2, 0.25) is 11.8 Å². The van der Waals surface area contributed by atoms with Crippen molar-refractivity contribution < 1.29 is 14.6 Å². The first-order chi connectivity index (χ1) is 13.1. The number of carboxylic acid groups (broad SMARTS) is 1. The zero-order valence-electron chi connectivity index (χ0n) is 13.9. The molecule has 8 nitrogen and oxygen atoms in total. The number of nitrogens with one attached hydrogen (secondary N) is 1. The lowest BCUT2D eigenvalue weighted by molar-refractivity contribution is 0.0695. The quantitative estimate of drug-likeness (QED) is 0.652. The highest BCUT2D eigenvalue weighted by Gasteiger charge is 2.37. The molecule has 4 rings (SSSR count). The molecule has 132 valence electrons. The minimum absolute atomic E-state index is 0.0813. The minimum Gasteiger partial charge on any atom is -0.478 e.